The van der Waals surface area contributed by atoms with Crippen LogP contribution in [-0.2, 0) is 14.3 Å². The van der Waals surface area contributed by atoms with E-state index in [2.05, 4.69) is 17.4 Å². The topological polar surface area (TPSA) is 99.2 Å². The number of rotatable bonds is 6. The monoisotopic (exact) mass is 451 g/mol. The van der Waals surface area contributed by atoms with Gasteiger partial charge in [-0.3, -0.25) is 14.5 Å². The second-order valence-electron chi connectivity index (χ2n) is 8.55. The number of alkyl carbamates (subject to hydrolysis) is 1. The van der Waals surface area contributed by atoms with Gasteiger partial charge in [0.2, 0.25) is 5.91 Å². The first-order chi connectivity index (χ1) is 15.9. The van der Waals surface area contributed by atoms with Crippen molar-refractivity contribution in [1.82, 2.24) is 15.1 Å². The van der Waals surface area contributed by atoms with Crippen LogP contribution in [0.2, 0.25) is 0 Å². The van der Waals surface area contributed by atoms with E-state index in [0.717, 1.165) is 22.3 Å². The predicted molar refractivity (Wildman–Crippen MR) is 123 cm³/mol. The minimum absolute atomic E-state index is 0.0621. The average molecular weight is 452 g/mol. The second-order valence-corrected chi connectivity index (χ2v) is 8.55. The lowest BCUT2D eigenvalue weighted by atomic mass is 9.98. The Kier molecular flexibility index (Phi) is 6.65. The van der Waals surface area contributed by atoms with Crippen LogP contribution in [0.1, 0.15) is 30.4 Å². The van der Waals surface area contributed by atoms with Crippen molar-refractivity contribution < 1.29 is 24.2 Å². The summed E-state index contributed by atoms with van der Waals surface area (Å²) in [5, 5.41) is 12.1. The average Bonchev–Trinajstić information content (AvgIpc) is 3.14. The molecule has 8 nitrogen and oxygen atoms in total. The van der Waals surface area contributed by atoms with Gasteiger partial charge in [-0.1, -0.05) is 55.5 Å². The third kappa shape index (κ3) is 4.57. The van der Waals surface area contributed by atoms with Crippen molar-refractivity contribution in [2.24, 2.45) is 0 Å². The van der Waals surface area contributed by atoms with Crippen molar-refractivity contribution in [3.05, 3.63) is 59.7 Å². The molecule has 1 aliphatic heterocycles. The van der Waals surface area contributed by atoms with Gasteiger partial charge >= 0.3 is 12.1 Å². The number of aliphatic carboxylic acids is 1. The summed E-state index contributed by atoms with van der Waals surface area (Å²) in [6.07, 6.45) is -0.270. The minimum atomic E-state index is -0.965. The van der Waals surface area contributed by atoms with E-state index in [9.17, 15) is 19.5 Å². The SMILES string of the molecule is CC[C@H](NC(=O)OCC1c2ccccc2-c2ccccc21)C(=O)N1CCN(C)C(C(=O)O)C1. The molecule has 2 aromatic rings. The van der Waals surface area contributed by atoms with Crippen LogP contribution in [0.3, 0.4) is 0 Å². The number of ether oxygens (including phenoxy) is 1. The summed E-state index contributed by atoms with van der Waals surface area (Å²) in [6.45, 7) is 2.94. The molecule has 2 atom stereocenters. The molecule has 1 unspecified atom stereocenters. The first-order valence-corrected chi connectivity index (χ1v) is 11.2. The van der Waals surface area contributed by atoms with E-state index in [4.69, 9.17) is 4.74 Å². The molecule has 33 heavy (non-hydrogen) atoms. The summed E-state index contributed by atoms with van der Waals surface area (Å²) >= 11 is 0. The Morgan fingerprint density at radius 2 is 1.67 bits per heavy atom. The van der Waals surface area contributed by atoms with Crippen molar-refractivity contribution in [3.63, 3.8) is 0 Å². The molecule has 8 heteroatoms. The van der Waals surface area contributed by atoms with Gasteiger partial charge in [-0.15, -0.1) is 0 Å². The third-order valence-corrected chi connectivity index (χ3v) is 6.59. The Hall–Kier alpha value is -3.39. The number of carbonyl (C=O) groups is 3. The van der Waals surface area contributed by atoms with Crippen LogP contribution in [0.15, 0.2) is 48.5 Å². The van der Waals surface area contributed by atoms with Gasteiger partial charge in [-0.2, -0.15) is 0 Å². The highest BCUT2D eigenvalue weighted by Crippen LogP contribution is 2.44. The fourth-order valence-electron chi connectivity index (χ4n) is 4.68. The molecule has 174 valence electrons. The Bertz CT molecular complexity index is 1010. The van der Waals surface area contributed by atoms with E-state index < -0.39 is 24.1 Å². The largest absolute Gasteiger partial charge is 0.480 e. The second kappa shape index (κ2) is 9.62. The Morgan fingerprint density at radius 1 is 1.06 bits per heavy atom. The van der Waals surface area contributed by atoms with E-state index >= 15 is 0 Å². The number of likely N-dealkylation sites (N-methyl/N-ethyl adjacent to an activating group) is 1. The normalized spacial score (nSPS) is 18.8. The molecule has 0 spiro atoms. The number of hydrogen-bond acceptors (Lipinski definition) is 5. The smallest absolute Gasteiger partial charge is 0.407 e. The first kappa shape index (κ1) is 22.8. The lowest BCUT2D eigenvalue weighted by Gasteiger charge is -2.38. The maximum absolute atomic E-state index is 13.0. The summed E-state index contributed by atoms with van der Waals surface area (Å²) in [5.41, 5.74) is 4.53. The maximum atomic E-state index is 13.0. The van der Waals surface area contributed by atoms with E-state index in [1.165, 1.54) is 4.90 Å². The molecule has 1 aliphatic carbocycles. The van der Waals surface area contributed by atoms with Gasteiger partial charge in [0.05, 0.1) is 0 Å². The van der Waals surface area contributed by atoms with Crippen molar-refractivity contribution in [2.75, 3.05) is 33.3 Å². The molecule has 0 aromatic heterocycles. The number of nitrogens with one attached hydrogen (secondary N) is 1. The molecule has 0 saturated carbocycles. The number of nitrogens with zero attached hydrogens (tertiary/aromatic N) is 2. The quantitative estimate of drug-likeness (QED) is 0.700. The number of piperazine rings is 1. The van der Waals surface area contributed by atoms with Gasteiger partial charge in [0.25, 0.3) is 0 Å². The van der Waals surface area contributed by atoms with Gasteiger partial charge in [0.15, 0.2) is 0 Å². The van der Waals surface area contributed by atoms with Crippen molar-refractivity contribution in [2.45, 2.75) is 31.3 Å². The van der Waals surface area contributed by atoms with Crippen LogP contribution in [-0.4, -0.2) is 78.2 Å². The molecule has 1 heterocycles. The number of carboxylic acids is 1. The highest BCUT2D eigenvalue weighted by Gasteiger charge is 2.35. The number of carbonyl (C=O) groups excluding carboxylic acids is 2. The van der Waals surface area contributed by atoms with E-state index in [1.54, 1.807) is 18.9 Å². The van der Waals surface area contributed by atoms with E-state index in [1.807, 2.05) is 36.4 Å². The molecular weight excluding hydrogens is 422 g/mol. The number of amides is 2. The first-order valence-electron chi connectivity index (χ1n) is 11.2. The minimum Gasteiger partial charge on any atom is -0.480 e. The maximum Gasteiger partial charge on any atom is 0.407 e. The molecule has 2 amide bonds. The van der Waals surface area contributed by atoms with Crippen LogP contribution in [0, 0.1) is 0 Å². The molecule has 0 bridgehead atoms. The van der Waals surface area contributed by atoms with Crippen LogP contribution < -0.4 is 5.32 Å². The predicted octanol–water partition coefficient (Wildman–Crippen LogP) is 2.53. The number of carboxylic acid groups (broad SMARTS) is 1. The van der Waals surface area contributed by atoms with E-state index in [0.29, 0.717) is 19.5 Å². The highest BCUT2D eigenvalue weighted by molar-refractivity contribution is 5.86. The summed E-state index contributed by atoms with van der Waals surface area (Å²) in [6, 6.07) is 14.7. The number of fused-ring (bicyclic) bond motifs is 3. The number of benzene rings is 2. The van der Waals surface area contributed by atoms with Crippen LogP contribution >= 0.6 is 0 Å². The molecule has 2 aliphatic rings. The van der Waals surface area contributed by atoms with Crippen LogP contribution in [0.4, 0.5) is 4.79 Å². The Morgan fingerprint density at radius 3 is 2.24 bits per heavy atom. The van der Waals surface area contributed by atoms with Gasteiger partial charge < -0.3 is 20.1 Å². The summed E-state index contributed by atoms with van der Waals surface area (Å²) < 4.78 is 5.56. The zero-order valence-electron chi connectivity index (χ0n) is 18.9. The standard InChI is InChI=1S/C25H29N3O5/c1-3-21(23(29)28-13-12-27(2)22(14-28)24(30)31)26-25(32)33-15-20-18-10-6-4-8-16(18)17-9-5-7-11-19(17)20/h4-11,20-22H,3,12-15H2,1-2H3,(H,26,32)(H,30,31)/t21-,22?/m0/s1. The lowest BCUT2D eigenvalue weighted by molar-refractivity contribution is -0.148. The Balaban J connectivity index is 1.38. The van der Waals surface area contributed by atoms with Crippen molar-refractivity contribution in [1.29, 1.82) is 0 Å². The fraction of sp³-hybridized carbons (Fsp3) is 0.400. The molecule has 1 saturated heterocycles. The molecule has 2 N–H and O–H groups in total. The zero-order chi connectivity index (χ0) is 23.5. The molecule has 0 radical (unpaired) electrons. The zero-order valence-corrected chi connectivity index (χ0v) is 18.9. The van der Waals surface area contributed by atoms with Crippen LogP contribution in [0.25, 0.3) is 11.1 Å². The third-order valence-electron chi connectivity index (χ3n) is 6.59. The van der Waals surface area contributed by atoms with Crippen LogP contribution in [0.5, 0.6) is 0 Å². The summed E-state index contributed by atoms with van der Waals surface area (Å²) in [7, 11) is 1.73. The summed E-state index contributed by atoms with van der Waals surface area (Å²) in [5.74, 6) is -1.31. The highest BCUT2D eigenvalue weighted by atomic mass is 16.5. The molecule has 4 rings (SSSR count). The van der Waals surface area contributed by atoms with Gasteiger partial charge in [0, 0.05) is 25.6 Å². The van der Waals surface area contributed by atoms with Crippen molar-refractivity contribution in [3.8, 4) is 11.1 Å². The van der Waals surface area contributed by atoms with E-state index in [-0.39, 0.29) is 25.0 Å². The van der Waals surface area contributed by atoms with Gasteiger partial charge in [-0.25, -0.2) is 4.79 Å². The van der Waals surface area contributed by atoms with Crippen molar-refractivity contribution >= 4 is 18.0 Å². The van der Waals surface area contributed by atoms with Gasteiger partial charge in [0.1, 0.15) is 18.7 Å². The Labute approximate surface area is 193 Å². The fourth-order valence-corrected chi connectivity index (χ4v) is 4.68. The molecule has 1 fully saturated rings. The molecular formula is C25H29N3O5. The molecule has 2 aromatic carbocycles. The lowest BCUT2D eigenvalue weighted by Crippen LogP contribution is -2.59. The number of hydrogen-bond donors (Lipinski definition) is 2. The van der Waals surface area contributed by atoms with Gasteiger partial charge in [-0.05, 0) is 35.7 Å². The summed E-state index contributed by atoms with van der Waals surface area (Å²) in [4.78, 5) is 40.3.